The van der Waals surface area contributed by atoms with Gasteiger partial charge >= 0.3 is 5.97 Å². The Morgan fingerprint density at radius 2 is 1.73 bits per heavy atom. The maximum absolute atomic E-state index is 12.2. The number of nitrogens with one attached hydrogen (secondary N) is 1. The number of rotatable bonds is 5. The number of fused-ring (bicyclic) bond motifs is 5. The van der Waals surface area contributed by atoms with Crippen LogP contribution in [0.25, 0.3) is 0 Å². The summed E-state index contributed by atoms with van der Waals surface area (Å²) >= 11 is 0. The second kappa shape index (κ2) is 10.1. The Morgan fingerprint density at radius 3 is 2.41 bits per heavy atom. The van der Waals surface area contributed by atoms with Crippen LogP contribution < -0.4 is 5.32 Å². The highest BCUT2D eigenvalue weighted by Crippen LogP contribution is 2.46. The SMILES string of the molecule is CCC1=C(C)C2=NC1=CC1=C(C)C3=C([18OH])CC(=C4NC(=CC5=NC(=C2)C(CO)=C5C)[C@@H](C)[C@@H]4CCC(=O)OC)C3=N1. The van der Waals surface area contributed by atoms with Crippen LogP contribution in [0, 0.1) is 11.8 Å². The third-order valence-electron chi connectivity index (χ3n) is 9.23. The first kappa shape index (κ1) is 27.1. The summed E-state index contributed by atoms with van der Waals surface area (Å²) in [6.07, 6.45) is 8.12. The van der Waals surface area contributed by atoms with Crippen LogP contribution in [0.1, 0.15) is 60.3 Å². The molecule has 41 heavy (non-hydrogen) atoms. The van der Waals surface area contributed by atoms with Crippen LogP contribution in [-0.4, -0.2) is 47.0 Å². The summed E-state index contributed by atoms with van der Waals surface area (Å²) in [6.45, 7) is 10.2. The van der Waals surface area contributed by atoms with Crippen molar-refractivity contribution in [3.05, 3.63) is 91.5 Å². The largest absolute Gasteiger partial charge is 0.511 e. The highest BCUT2D eigenvalue weighted by atomic mass is 18.2. The van der Waals surface area contributed by atoms with Gasteiger partial charge in [-0.3, -0.25) is 4.79 Å². The molecule has 0 spiro atoms. The zero-order valence-corrected chi connectivity index (χ0v) is 24.5. The summed E-state index contributed by atoms with van der Waals surface area (Å²) in [6, 6.07) is 0. The van der Waals surface area contributed by atoms with Gasteiger partial charge in [-0.25, -0.2) is 15.0 Å². The molecule has 2 atom stereocenters. The van der Waals surface area contributed by atoms with E-state index in [-0.39, 0.29) is 30.8 Å². The smallest absolute Gasteiger partial charge is 0.305 e. The van der Waals surface area contributed by atoms with Crippen molar-refractivity contribution in [1.82, 2.24) is 5.32 Å². The molecule has 1 aliphatic carbocycles. The van der Waals surface area contributed by atoms with Crippen molar-refractivity contribution >= 4 is 23.1 Å². The van der Waals surface area contributed by atoms with Crippen LogP contribution in [0.3, 0.4) is 0 Å². The Hall–Kier alpha value is -4.04. The van der Waals surface area contributed by atoms with Crippen LogP contribution in [0.5, 0.6) is 0 Å². The predicted molar refractivity (Wildman–Crippen MR) is 160 cm³/mol. The zero-order chi connectivity index (χ0) is 29.2. The fraction of sp³-hybridized carbons (Fsp3) is 0.394. The molecule has 8 bridgehead atoms. The van der Waals surface area contributed by atoms with Crippen molar-refractivity contribution in [2.24, 2.45) is 26.8 Å². The van der Waals surface area contributed by atoms with Gasteiger partial charge in [-0.1, -0.05) is 13.8 Å². The molecule has 0 aromatic rings. The van der Waals surface area contributed by atoms with Crippen molar-refractivity contribution in [3.63, 3.8) is 0 Å². The van der Waals surface area contributed by atoms with Gasteiger partial charge in [0.15, 0.2) is 0 Å². The number of methoxy groups -OCH3 is 1. The van der Waals surface area contributed by atoms with Crippen molar-refractivity contribution < 1.29 is 19.7 Å². The van der Waals surface area contributed by atoms with E-state index in [0.717, 1.165) is 91.1 Å². The summed E-state index contributed by atoms with van der Waals surface area (Å²) < 4.78 is 4.95. The van der Waals surface area contributed by atoms with Gasteiger partial charge in [0.05, 0.1) is 47.9 Å². The molecule has 0 amide bonds. The number of aliphatic hydroxyl groups excluding tert-OH is 2. The van der Waals surface area contributed by atoms with E-state index in [2.05, 4.69) is 32.2 Å². The molecule has 8 nitrogen and oxygen atoms in total. The van der Waals surface area contributed by atoms with Crippen LogP contribution in [0.4, 0.5) is 0 Å². The first-order valence-corrected chi connectivity index (χ1v) is 14.3. The maximum atomic E-state index is 12.2. The third kappa shape index (κ3) is 4.23. The van der Waals surface area contributed by atoms with Gasteiger partial charge in [-0.05, 0) is 74.1 Å². The minimum atomic E-state index is -0.247. The van der Waals surface area contributed by atoms with E-state index >= 15 is 0 Å². The lowest BCUT2D eigenvalue weighted by Crippen LogP contribution is -2.16. The standard InChI is InChI=1S/C33H36N4O4/c1-7-19-15(2)24-12-28-22(14-38)17(4)23(35-28)11-25-16(3)20(8-9-30(40)41-6)32(36-25)21-10-29(39)31-18(5)26(37-33(21)31)13-27(19)34-24/h11-13,16,20,36,38-39H,7-10,14H2,1-6H3/t16-,20-/m0/s1/i39+2. The third-order valence-corrected chi connectivity index (χ3v) is 9.23. The number of carbonyl (C=O) groups excluding carboxylic acids is 1. The van der Waals surface area contributed by atoms with E-state index in [9.17, 15) is 15.0 Å². The fourth-order valence-electron chi connectivity index (χ4n) is 6.73. The molecule has 0 aromatic carbocycles. The lowest BCUT2D eigenvalue weighted by atomic mass is 9.86. The summed E-state index contributed by atoms with van der Waals surface area (Å²) in [4.78, 5) is 27.2. The molecule has 6 aliphatic rings. The molecule has 5 heterocycles. The average Bonchev–Trinajstić information content (AvgIpc) is 3.70. The second-order valence-corrected chi connectivity index (χ2v) is 11.4. The number of nitrogens with zero attached hydrogens (tertiary/aromatic N) is 3. The van der Waals surface area contributed by atoms with Crippen LogP contribution in [-0.2, 0) is 9.53 Å². The number of aliphatic hydroxyl groups is 2. The van der Waals surface area contributed by atoms with Crippen molar-refractivity contribution in [3.8, 4) is 0 Å². The predicted octanol–water partition coefficient (Wildman–Crippen LogP) is 5.60. The molecule has 1 fully saturated rings. The molecule has 3 N–H and O–H groups in total. The van der Waals surface area contributed by atoms with Gasteiger partial charge in [0, 0.05) is 52.8 Å². The molecule has 5 aliphatic heterocycles. The molecule has 1 saturated heterocycles. The Labute approximate surface area is 240 Å². The maximum Gasteiger partial charge on any atom is 0.305 e. The molecule has 0 saturated carbocycles. The summed E-state index contributed by atoms with van der Waals surface area (Å²) in [5.74, 6) is 0.123. The fourth-order valence-corrected chi connectivity index (χ4v) is 6.73. The number of hydrogen-bond acceptors (Lipinski definition) is 8. The molecule has 0 unspecified atom stereocenters. The van der Waals surface area contributed by atoms with Crippen LogP contribution in [0.15, 0.2) is 106 Å². The van der Waals surface area contributed by atoms with E-state index in [4.69, 9.17) is 19.7 Å². The van der Waals surface area contributed by atoms with E-state index in [1.165, 1.54) is 7.11 Å². The van der Waals surface area contributed by atoms with Crippen LogP contribution in [0.2, 0.25) is 0 Å². The van der Waals surface area contributed by atoms with Gasteiger partial charge in [0.1, 0.15) is 5.76 Å². The summed E-state index contributed by atoms with van der Waals surface area (Å²) in [5, 5.41) is 25.1. The monoisotopic (exact) mass is 554 g/mol. The quantitative estimate of drug-likeness (QED) is 0.302. The molecule has 0 radical (unpaired) electrons. The average molecular weight is 555 g/mol. The Morgan fingerprint density at radius 1 is 1.05 bits per heavy atom. The number of hydrogen-bond donors (Lipinski definition) is 3. The summed E-state index contributed by atoms with van der Waals surface area (Å²) in [5.41, 5.74) is 13.4. The first-order chi connectivity index (χ1) is 19.7. The molecule has 212 valence electrons. The van der Waals surface area contributed by atoms with Gasteiger partial charge in [0.2, 0.25) is 0 Å². The van der Waals surface area contributed by atoms with E-state index in [1.807, 2.05) is 26.0 Å². The molecule has 6 rings (SSSR count). The van der Waals surface area contributed by atoms with Crippen molar-refractivity contribution in [2.45, 2.75) is 60.3 Å². The number of aliphatic imine (C=N–C) groups is 3. The van der Waals surface area contributed by atoms with Crippen LogP contribution >= 0.6 is 0 Å². The number of esters is 1. The Bertz CT molecular complexity index is 1650. The van der Waals surface area contributed by atoms with Gasteiger partial charge in [0.25, 0.3) is 0 Å². The topological polar surface area (TPSA) is 116 Å². The highest BCUT2D eigenvalue weighted by molar-refractivity contribution is 6.21. The lowest BCUT2D eigenvalue weighted by molar-refractivity contribution is -0.140. The molecular weight excluding hydrogens is 518 g/mol. The van der Waals surface area contributed by atoms with Crippen molar-refractivity contribution in [2.75, 3.05) is 13.7 Å². The Kier molecular flexibility index (Phi) is 6.69. The molecular formula is C33H36N4O4. The molecule has 0 aromatic heterocycles. The van der Waals surface area contributed by atoms with E-state index in [1.54, 1.807) is 0 Å². The zero-order valence-electron chi connectivity index (χ0n) is 24.5. The van der Waals surface area contributed by atoms with Gasteiger partial charge in [-0.15, -0.1) is 0 Å². The highest BCUT2D eigenvalue weighted by Gasteiger charge is 2.41. The minimum Gasteiger partial charge on any atom is -0.511 e. The van der Waals surface area contributed by atoms with Gasteiger partial charge < -0.3 is 20.3 Å². The number of ether oxygens (including phenoxy) is 1. The van der Waals surface area contributed by atoms with E-state index in [0.29, 0.717) is 18.6 Å². The molecule has 8 heteroatoms. The first-order valence-electron chi connectivity index (χ1n) is 14.3. The minimum absolute atomic E-state index is 0.000975. The lowest BCUT2D eigenvalue weighted by Gasteiger charge is -2.17. The number of allylic oxidation sites excluding steroid dienone is 11. The van der Waals surface area contributed by atoms with Gasteiger partial charge in [-0.2, -0.15) is 0 Å². The normalized spacial score (nSPS) is 25.0. The van der Waals surface area contributed by atoms with Crippen molar-refractivity contribution in [1.29, 1.82) is 0 Å². The summed E-state index contributed by atoms with van der Waals surface area (Å²) in [7, 11) is 1.41. The van der Waals surface area contributed by atoms with E-state index < -0.39 is 0 Å². The number of carbonyl (C=O) groups is 1. The Balaban J connectivity index is 1.59. The second-order valence-electron chi connectivity index (χ2n) is 11.4.